The molecule has 3 aromatic heterocycles. The van der Waals surface area contributed by atoms with E-state index in [-0.39, 0.29) is 11.5 Å². The first kappa shape index (κ1) is 14.0. The molecule has 0 saturated carbocycles. The van der Waals surface area contributed by atoms with Crippen molar-refractivity contribution >= 4 is 16.9 Å². The highest BCUT2D eigenvalue weighted by molar-refractivity contribution is 5.77. The second kappa shape index (κ2) is 5.53. The van der Waals surface area contributed by atoms with Crippen molar-refractivity contribution in [1.29, 1.82) is 0 Å². The molecule has 1 atom stereocenters. The summed E-state index contributed by atoms with van der Waals surface area (Å²) < 4.78 is 0. The zero-order valence-electron chi connectivity index (χ0n) is 13.0. The number of aryl methyl sites for hydroxylation is 1. The van der Waals surface area contributed by atoms with Gasteiger partial charge in [0.1, 0.15) is 17.3 Å². The SMILES string of the molecule is Cc1nc([C@H]2CCCN(c3ccc4cc[nH]c4n3)C2)cc(=O)[nH]1. The van der Waals surface area contributed by atoms with Crippen LogP contribution < -0.4 is 10.5 Å². The molecular formula is C17H19N5O. The van der Waals surface area contributed by atoms with E-state index in [1.807, 2.05) is 19.2 Å². The second-order valence-electron chi connectivity index (χ2n) is 6.13. The van der Waals surface area contributed by atoms with Gasteiger partial charge in [-0.1, -0.05) is 0 Å². The summed E-state index contributed by atoms with van der Waals surface area (Å²) in [7, 11) is 0. The highest BCUT2D eigenvalue weighted by Crippen LogP contribution is 2.28. The molecule has 6 nitrogen and oxygen atoms in total. The van der Waals surface area contributed by atoms with Crippen molar-refractivity contribution in [3.8, 4) is 0 Å². The second-order valence-corrected chi connectivity index (χ2v) is 6.13. The molecule has 23 heavy (non-hydrogen) atoms. The zero-order valence-corrected chi connectivity index (χ0v) is 13.0. The topological polar surface area (TPSA) is 77.7 Å². The molecule has 1 aliphatic rings. The molecule has 0 aliphatic carbocycles. The van der Waals surface area contributed by atoms with Gasteiger partial charge in [0.25, 0.3) is 5.56 Å². The lowest BCUT2D eigenvalue weighted by molar-refractivity contribution is 0.497. The van der Waals surface area contributed by atoms with E-state index in [1.54, 1.807) is 6.07 Å². The van der Waals surface area contributed by atoms with Crippen LogP contribution in [0.2, 0.25) is 0 Å². The Hall–Kier alpha value is -2.63. The molecule has 4 rings (SSSR count). The molecule has 0 aromatic carbocycles. The predicted octanol–water partition coefficient (Wildman–Crippen LogP) is 2.34. The Morgan fingerprint density at radius 2 is 2.17 bits per heavy atom. The molecule has 1 aliphatic heterocycles. The van der Waals surface area contributed by atoms with Gasteiger partial charge in [-0.2, -0.15) is 0 Å². The third-order valence-corrected chi connectivity index (χ3v) is 4.44. The van der Waals surface area contributed by atoms with Gasteiger partial charge in [-0.3, -0.25) is 4.79 Å². The van der Waals surface area contributed by atoms with Crippen molar-refractivity contribution < 1.29 is 0 Å². The van der Waals surface area contributed by atoms with E-state index in [0.29, 0.717) is 5.82 Å². The first-order valence-corrected chi connectivity index (χ1v) is 7.96. The maximum absolute atomic E-state index is 11.7. The standard InChI is InChI=1S/C17H19N5O/c1-11-19-14(9-16(23)20-11)13-3-2-8-22(10-13)15-5-4-12-6-7-18-17(12)21-15/h4-7,9,13H,2-3,8,10H2,1H3,(H,18,21)(H,19,20,23)/t13-/m0/s1. The van der Waals surface area contributed by atoms with Gasteiger partial charge in [-0.15, -0.1) is 0 Å². The fourth-order valence-electron chi connectivity index (χ4n) is 3.33. The van der Waals surface area contributed by atoms with Gasteiger partial charge in [0.2, 0.25) is 0 Å². The number of anilines is 1. The van der Waals surface area contributed by atoms with Crippen LogP contribution in [0.4, 0.5) is 5.82 Å². The van der Waals surface area contributed by atoms with Gasteiger partial charge in [0, 0.05) is 36.7 Å². The van der Waals surface area contributed by atoms with Crippen LogP contribution in [-0.4, -0.2) is 33.0 Å². The van der Waals surface area contributed by atoms with Crippen molar-refractivity contribution in [2.45, 2.75) is 25.7 Å². The molecular weight excluding hydrogens is 290 g/mol. The average Bonchev–Trinajstić information content (AvgIpc) is 3.01. The molecule has 4 heterocycles. The van der Waals surface area contributed by atoms with E-state index in [2.05, 4.69) is 32.0 Å². The summed E-state index contributed by atoms with van der Waals surface area (Å²) in [6, 6.07) is 7.80. The van der Waals surface area contributed by atoms with Crippen molar-refractivity contribution in [2.75, 3.05) is 18.0 Å². The Morgan fingerprint density at radius 3 is 3.04 bits per heavy atom. The fourth-order valence-corrected chi connectivity index (χ4v) is 3.33. The summed E-state index contributed by atoms with van der Waals surface area (Å²) in [5.74, 6) is 1.92. The van der Waals surface area contributed by atoms with Crippen LogP contribution >= 0.6 is 0 Å². The number of aromatic amines is 2. The number of hydrogen-bond acceptors (Lipinski definition) is 4. The minimum atomic E-state index is -0.0736. The Kier molecular flexibility index (Phi) is 3.37. The van der Waals surface area contributed by atoms with Crippen molar-refractivity contribution in [3.63, 3.8) is 0 Å². The van der Waals surface area contributed by atoms with Crippen LogP contribution in [0.15, 0.2) is 35.3 Å². The van der Waals surface area contributed by atoms with E-state index in [1.165, 1.54) is 0 Å². The number of fused-ring (bicyclic) bond motifs is 1. The number of pyridine rings is 1. The van der Waals surface area contributed by atoms with Crippen LogP contribution in [0.3, 0.4) is 0 Å². The minimum absolute atomic E-state index is 0.0736. The van der Waals surface area contributed by atoms with Gasteiger partial charge in [0.05, 0.1) is 5.69 Å². The molecule has 2 N–H and O–H groups in total. The molecule has 1 saturated heterocycles. The van der Waals surface area contributed by atoms with E-state index < -0.39 is 0 Å². The lowest BCUT2D eigenvalue weighted by Crippen LogP contribution is -2.35. The molecule has 0 bridgehead atoms. The Labute approximate surface area is 133 Å². The molecule has 6 heteroatoms. The molecule has 3 aromatic rings. The highest BCUT2D eigenvalue weighted by atomic mass is 16.1. The number of aromatic nitrogens is 4. The van der Waals surface area contributed by atoms with Crippen LogP contribution in [0.5, 0.6) is 0 Å². The fraction of sp³-hybridized carbons (Fsp3) is 0.353. The zero-order chi connectivity index (χ0) is 15.8. The maximum atomic E-state index is 11.7. The first-order chi connectivity index (χ1) is 11.2. The van der Waals surface area contributed by atoms with E-state index in [0.717, 1.165) is 48.5 Å². The number of nitrogens with zero attached hydrogens (tertiary/aromatic N) is 3. The van der Waals surface area contributed by atoms with Gasteiger partial charge in [0.15, 0.2) is 0 Å². The summed E-state index contributed by atoms with van der Waals surface area (Å²) in [6.07, 6.45) is 4.03. The van der Waals surface area contributed by atoms with Crippen molar-refractivity contribution in [3.05, 3.63) is 52.3 Å². The van der Waals surface area contributed by atoms with Gasteiger partial charge >= 0.3 is 0 Å². The molecule has 0 unspecified atom stereocenters. The van der Waals surface area contributed by atoms with Crippen LogP contribution in [0.25, 0.3) is 11.0 Å². The van der Waals surface area contributed by atoms with Crippen molar-refractivity contribution in [2.24, 2.45) is 0 Å². The summed E-state index contributed by atoms with van der Waals surface area (Å²) >= 11 is 0. The van der Waals surface area contributed by atoms with Crippen LogP contribution in [0, 0.1) is 6.92 Å². The number of hydrogen-bond donors (Lipinski definition) is 2. The lowest BCUT2D eigenvalue weighted by Gasteiger charge is -2.33. The highest BCUT2D eigenvalue weighted by Gasteiger charge is 2.24. The number of H-pyrrole nitrogens is 2. The molecule has 1 fully saturated rings. The number of piperidine rings is 1. The monoisotopic (exact) mass is 309 g/mol. The van der Waals surface area contributed by atoms with Crippen molar-refractivity contribution in [1.82, 2.24) is 19.9 Å². The lowest BCUT2D eigenvalue weighted by atomic mass is 9.94. The third kappa shape index (κ3) is 2.72. The molecule has 0 spiro atoms. The van der Waals surface area contributed by atoms with Gasteiger partial charge in [-0.05, 0) is 38.0 Å². The largest absolute Gasteiger partial charge is 0.356 e. The summed E-state index contributed by atoms with van der Waals surface area (Å²) in [4.78, 5) is 29.1. The van der Waals surface area contributed by atoms with Gasteiger partial charge < -0.3 is 14.9 Å². The summed E-state index contributed by atoms with van der Waals surface area (Å²) in [5, 5.41) is 1.12. The number of rotatable bonds is 2. The van der Waals surface area contributed by atoms with Crippen LogP contribution in [-0.2, 0) is 0 Å². The van der Waals surface area contributed by atoms with E-state index >= 15 is 0 Å². The summed E-state index contributed by atoms with van der Waals surface area (Å²) in [5.41, 5.74) is 1.72. The Balaban J connectivity index is 1.62. The van der Waals surface area contributed by atoms with E-state index in [9.17, 15) is 4.79 Å². The van der Waals surface area contributed by atoms with Crippen LogP contribution in [0.1, 0.15) is 30.3 Å². The smallest absolute Gasteiger partial charge is 0.251 e. The molecule has 0 amide bonds. The average molecular weight is 309 g/mol. The van der Waals surface area contributed by atoms with Gasteiger partial charge in [-0.25, -0.2) is 9.97 Å². The number of nitrogens with one attached hydrogen (secondary N) is 2. The minimum Gasteiger partial charge on any atom is -0.356 e. The summed E-state index contributed by atoms with van der Waals surface area (Å²) in [6.45, 7) is 3.65. The van der Waals surface area contributed by atoms with E-state index in [4.69, 9.17) is 4.98 Å². The quantitative estimate of drug-likeness (QED) is 0.761. The Bertz CT molecular complexity index is 897. The molecule has 118 valence electrons. The maximum Gasteiger partial charge on any atom is 0.251 e. The first-order valence-electron chi connectivity index (χ1n) is 7.96. The third-order valence-electron chi connectivity index (χ3n) is 4.44. The Morgan fingerprint density at radius 1 is 1.26 bits per heavy atom. The predicted molar refractivity (Wildman–Crippen MR) is 89.9 cm³/mol. The molecule has 0 radical (unpaired) electrons. The normalized spacial score (nSPS) is 18.5.